The van der Waals surface area contributed by atoms with Crippen LogP contribution in [-0.2, 0) is 30.9 Å². The molecule has 12 heteroatoms. The van der Waals surface area contributed by atoms with Crippen LogP contribution >= 0.6 is 0 Å². The second-order valence-electron chi connectivity index (χ2n) is 7.00. The zero-order valence-electron chi connectivity index (χ0n) is 16.9. The Balaban J connectivity index is 1.77. The summed E-state index contributed by atoms with van der Waals surface area (Å²) in [5.41, 5.74) is 0.215. The minimum Gasteiger partial charge on any atom is -0.465 e. The van der Waals surface area contributed by atoms with Crippen LogP contribution in [0, 0.1) is 10.1 Å². The van der Waals surface area contributed by atoms with Crippen molar-refractivity contribution >= 4 is 27.6 Å². The van der Waals surface area contributed by atoms with Crippen LogP contribution in [0.25, 0.3) is 0 Å². The van der Waals surface area contributed by atoms with Crippen molar-refractivity contribution in [3.8, 4) is 0 Å². The number of benzene rings is 2. The van der Waals surface area contributed by atoms with E-state index < -0.39 is 56.2 Å². The molecular formula is C20H20N2O9S. The fourth-order valence-electron chi connectivity index (χ4n) is 3.32. The Bertz CT molecular complexity index is 1130. The molecule has 0 radical (unpaired) electrons. The molecule has 0 unspecified atom stereocenters. The normalized spacial score (nSPS) is 18.8. The maximum atomic E-state index is 13.1. The number of nitro benzene ring substituents is 1. The molecule has 2 aromatic rings. The van der Waals surface area contributed by atoms with Gasteiger partial charge < -0.3 is 14.6 Å². The van der Waals surface area contributed by atoms with Gasteiger partial charge in [0.15, 0.2) is 4.90 Å². The van der Waals surface area contributed by atoms with E-state index in [9.17, 15) is 33.2 Å². The number of hydrogen-bond donors (Lipinski definition) is 1. The Morgan fingerprint density at radius 3 is 2.47 bits per heavy atom. The predicted molar refractivity (Wildman–Crippen MR) is 109 cm³/mol. The van der Waals surface area contributed by atoms with Crippen molar-refractivity contribution in [1.82, 2.24) is 4.31 Å². The van der Waals surface area contributed by atoms with Crippen LogP contribution in [-0.4, -0.2) is 60.5 Å². The van der Waals surface area contributed by atoms with E-state index in [0.29, 0.717) is 11.1 Å². The average molecular weight is 464 g/mol. The largest absolute Gasteiger partial charge is 0.465 e. The van der Waals surface area contributed by atoms with Crippen molar-refractivity contribution in [1.29, 1.82) is 0 Å². The van der Waals surface area contributed by atoms with E-state index in [1.807, 2.05) is 0 Å². The van der Waals surface area contributed by atoms with Gasteiger partial charge in [0.2, 0.25) is 0 Å². The van der Waals surface area contributed by atoms with Gasteiger partial charge in [-0.15, -0.1) is 0 Å². The van der Waals surface area contributed by atoms with Crippen molar-refractivity contribution in [3.63, 3.8) is 0 Å². The number of rotatable bonds is 7. The predicted octanol–water partition coefficient (Wildman–Crippen LogP) is 1.25. The van der Waals surface area contributed by atoms with Gasteiger partial charge in [-0.2, -0.15) is 4.31 Å². The van der Waals surface area contributed by atoms with Gasteiger partial charge in [-0.3, -0.25) is 14.9 Å². The van der Waals surface area contributed by atoms with Crippen LogP contribution < -0.4 is 0 Å². The molecule has 3 rings (SSSR count). The quantitative estimate of drug-likeness (QED) is 0.362. The topological polar surface area (TPSA) is 153 Å². The van der Waals surface area contributed by atoms with E-state index in [2.05, 4.69) is 4.74 Å². The molecule has 1 aliphatic heterocycles. The van der Waals surface area contributed by atoms with Crippen LogP contribution in [0.2, 0.25) is 0 Å². The highest BCUT2D eigenvalue weighted by molar-refractivity contribution is 7.89. The van der Waals surface area contributed by atoms with E-state index in [1.54, 1.807) is 12.1 Å². The van der Waals surface area contributed by atoms with Gasteiger partial charge in [-0.05, 0) is 23.8 Å². The van der Waals surface area contributed by atoms with Gasteiger partial charge in [-0.25, -0.2) is 13.2 Å². The van der Waals surface area contributed by atoms with E-state index in [-0.39, 0.29) is 13.0 Å². The molecule has 0 amide bonds. The molecule has 0 aliphatic carbocycles. The summed E-state index contributed by atoms with van der Waals surface area (Å²) in [4.78, 5) is 34.0. The highest BCUT2D eigenvalue weighted by atomic mass is 32.2. The van der Waals surface area contributed by atoms with Gasteiger partial charge in [0.25, 0.3) is 15.7 Å². The van der Waals surface area contributed by atoms with Gasteiger partial charge in [-0.1, -0.05) is 24.3 Å². The summed E-state index contributed by atoms with van der Waals surface area (Å²) < 4.78 is 36.7. The first-order valence-electron chi connectivity index (χ1n) is 9.42. The number of aliphatic hydroxyl groups is 1. The molecule has 0 spiro atoms. The van der Waals surface area contributed by atoms with Crippen LogP contribution in [0.1, 0.15) is 22.3 Å². The summed E-state index contributed by atoms with van der Waals surface area (Å²) in [7, 11) is -3.22. The first kappa shape index (κ1) is 23.3. The lowest BCUT2D eigenvalue weighted by Crippen LogP contribution is -2.41. The number of carbonyl (C=O) groups excluding carboxylic acids is 2. The minimum absolute atomic E-state index is 0.202. The minimum atomic E-state index is -4.46. The Morgan fingerprint density at radius 2 is 1.84 bits per heavy atom. The van der Waals surface area contributed by atoms with Crippen molar-refractivity contribution in [2.24, 2.45) is 0 Å². The molecule has 1 N–H and O–H groups in total. The molecule has 32 heavy (non-hydrogen) atoms. The number of nitro groups is 1. The number of para-hydroxylation sites is 1. The summed E-state index contributed by atoms with van der Waals surface area (Å²) in [6, 6.07) is 9.50. The van der Waals surface area contributed by atoms with Crippen molar-refractivity contribution < 1.29 is 37.5 Å². The lowest BCUT2D eigenvalue weighted by Gasteiger charge is -2.22. The van der Waals surface area contributed by atoms with Gasteiger partial charge in [0, 0.05) is 19.0 Å². The number of sulfonamides is 1. The molecule has 170 valence electrons. The third-order valence-corrected chi connectivity index (χ3v) is 6.83. The number of esters is 2. The maximum Gasteiger partial charge on any atom is 0.337 e. The molecular weight excluding hydrogens is 444 g/mol. The third kappa shape index (κ3) is 4.77. The maximum absolute atomic E-state index is 13.1. The number of β-amino-alcohol motifs (C(OH)–C–C–N with tert-alkyl or cyclic N) is 1. The van der Waals surface area contributed by atoms with Crippen LogP contribution in [0.3, 0.4) is 0 Å². The summed E-state index contributed by atoms with van der Waals surface area (Å²) in [6.45, 7) is -0.603. The molecule has 0 saturated carbocycles. The SMILES string of the molecule is COC(=O)c1ccc(COC(=O)[C@H]2C[C@@H](O)CN2S(=O)(=O)c2ccccc2[N+](=O)[O-])cc1. The Labute approximate surface area is 183 Å². The van der Waals surface area contributed by atoms with E-state index in [1.165, 1.54) is 31.4 Å². The highest BCUT2D eigenvalue weighted by Crippen LogP contribution is 2.32. The Morgan fingerprint density at radius 1 is 1.19 bits per heavy atom. The number of nitrogens with zero attached hydrogens (tertiary/aromatic N) is 2. The van der Waals surface area contributed by atoms with Gasteiger partial charge in [0.05, 0.1) is 23.7 Å². The lowest BCUT2D eigenvalue weighted by molar-refractivity contribution is -0.387. The van der Waals surface area contributed by atoms with Crippen molar-refractivity contribution in [3.05, 3.63) is 69.8 Å². The van der Waals surface area contributed by atoms with Crippen LogP contribution in [0.15, 0.2) is 53.4 Å². The summed E-state index contributed by atoms with van der Waals surface area (Å²) in [5, 5.41) is 21.3. The van der Waals surface area contributed by atoms with Crippen LogP contribution in [0.5, 0.6) is 0 Å². The van der Waals surface area contributed by atoms with Gasteiger partial charge in [0.1, 0.15) is 12.6 Å². The molecule has 0 aromatic heterocycles. The highest BCUT2D eigenvalue weighted by Gasteiger charge is 2.46. The van der Waals surface area contributed by atoms with Crippen molar-refractivity contribution in [2.75, 3.05) is 13.7 Å². The lowest BCUT2D eigenvalue weighted by atomic mass is 10.1. The molecule has 2 atom stereocenters. The molecule has 1 aliphatic rings. The average Bonchev–Trinajstić information content (AvgIpc) is 3.20. The monoisotopic (exact) mass is 464 g/mol. The summed E-state index contributed by atoms with van der Waals surface area (Å²) in [5.74, 6) is -1.43. The number of carbonyl (C=O) groups is 2. The second-order valence-corrected chi connectivity index (χ2v) is 8.86. The molecule has 1 saturated heterocycles. The summed E-state index contributed by atoms with van der Waals surface area (Å²) >= 11 is 0. The molecule has 2 aromatic carbocycles. The Kier molecular flexibility index (Phi) is 6.87. The number of methoxy groups -OCH3 is 1. The number of hydrogen-bond acceptors (Lipinski definition) is 9. The fourth-order valence-corrected chi connectivity index (χ4v) is 5.11. The number of ether oxygens (including phenoxy) is 2. The van der Waals surface area contributed by atoms with E-state index in [4.69, 9.17) is 4.74 Å². The van der Waals surface area contributed by atoms with E-state index >= 15 is 0 Å². The first-order chi connectivity index (χ1) is 15.1. The smallest absolute Gasteiger partial charge is 0.337 e. The standard InChI is InChI=1S/C20H20N2O9S/c1-30-19(24)14-8-6-13(7-9-14)12-31-20(25)17-10-15(23)11-21(17)32(28,29)18-5-3-2-4-16(18)22(26)27/h2-9,15,17,23H,10-12H2,1H3/t15-,17-/m1/s1. The van der Waals surface area contributed by atoms with Gasteiger partial charge >= 0.3 is 11.9 Å². The van der Waals surface area contributed by atoms with Crippen LogP contribution in [0.4, 0.5) is 5.69 Å². The zero-order valence-corrected chi connectivity index (χ0v) is 17.7. The molecule has 0 bridgehead atoms. The third-order valence-electron chi connectivity index (χ3n) is 4.91. The molecule has 11 nitrogen and oxygen atoms in total. The zero-order chi connectivity index (χ0) is 23.5. The van der Waals surface area contributed by atoms with Crippen molar-refractivity contribution in [2.45, 2.75) is 30.1 Å². The number of aliphatic hydroxyl groups excluding tert-OH is 1. The second kappa shape index (κ2) is 9.42. The fraction of sp³-hybridized carbons (Fsp3) is 0.300. The first-order valence-corrected chi connectivity index (χ1v) is 10.9. The molecule has 1 fully saturated rings. The summed E-state index contributed by atoms with van der Waals surface area (Å²) in [6.07, 6.45) is -1.34. The van der Waals surface area contributed by atoms with E-state index in [0.717, 1.165) is 16.4 Å². The Hall–Kier alpha value is -3.35. The molecule has 1 heterocycles.